The highest BCUT2D eigenvalue weighted by Crippen LogP contribution is 2.66. The average Bonchev–Trinajstić information content (AvgIpc) is 3.22. The van der Waals surface area contributed by atoms with Crippen molar-refractivity contribution in [2.24, 2.45) is 17.8 Å². The third kappa shape index (κ3) is 3.22. The van der Waals surface area contributed by atoms with Crippen molar-refractivity contribution in [3.05, 3.63) is 65.5 Å². The normalized spacial score (nSPS) is 33.6. The van der Waals surface area contributed by atoms with Crippen molar-refractivity contribution in [1.82, 2.24) is 5.06 Å². The standard InChI is InChI=1S/C27H21Cl2FN2O7/c1-39-19-9-2-12(10-18(19)33)21-15-7-8-16-20(23(35)32(38)22(16)34)17(15)11-26(28)24(36)31(25(37)27(21,26)29)14-5-3-13(30)4-6-14/h2-7,9-10,16-17,20-21,33,38H,8,11H2,1H3. The van der Waals surface area contributed by atoms with Crippen molar-refractivity contribution in [2.75, 3.05) is 12.0 Å². The highest BCUT2D eigenvalue weighted by Gasteiger charge is 2.76. The van der Waals surface area contributed by atoms with Crippen LogP contribution in [0.15, 0.2) is 54.1 Å². The van der Waals surface area contributed by atoms with E-state index >= 15 is 0 Å². The number of hydrogen-bond donors (Lipinski definition) is 2. The number of anilines is 1. The van der Waals surface area contributed by atoms with E-state index in [1.165, 1.54) is 31.4 Å². The Labute approximate surface area is 231 Å². The fraction of sp³-hybridized carbons (Fsp3) is 0.333. The summed E-state index contributed by atoms with van der Waals surface area (Å²) in [5.41, 5.74) is 0.869. The van der Waals surface area contributed by atoms with Crippen LogP contribution >= 0.6 is 23.2 Å². The largest absolute Gasteiger partial charge is 0.504 e. The summed E-state index contributed by atoms with van der Waals surface area (Å²) in [7, 11) is 1.37. The van der Waals surface area contributed by atoms with Crippen LogP contribution in [0, 0.1) is 23.6 Å². The first-order chi connectivity index (χ1) is 18.5. The van der Waals surface area contributed by atoms with Gasteiger partial charge >= 0.3 is 0 Å². The van der Waals surface area contributed by atoms with E-state index in [9.17, 15) is 33.9 Å². The van der Waals surface area contributed by atoms with Gasteiger partial charge in [0, 0.05) is 5.92 Å². The molecule has 0 radical (unpaired) electrons. The van der Waals surface area contributed by atoms with Crippen LogP contribution in [0.1, 0.15) is 24.3 Å². The maximum atomic E-state index is 14.1. The predicted molar refractivity (Wildman–Crippen MR) is 135 cm³/mol. The number of hydrogen-bond acceptors (Lipinski definition) is 7. The lowest BCUT2D eigenvalue weighted by atomic mass is 9.56. The number of aromatic hydroxyl groups is 1. The molecule has 2 aliphatic carbocycles. The number of alkyl halides is 2. The van der Waals surface area contributed by atoms with Crippen LogP contribution in [0.2, 0.25) is 0 Å². The molecule has 12 heteroatoms. The monoisotopic (exact) mass is 574 g/mol. The molecule has 2 aromatic rings. The van der Waals surface area contributed by atoms with Crippen LogP contribution in [0.5, 0.6) is 11.5 Å². The first-order valence-electron chi connectivity index (χ1n) is 12.1. The molecule has 1 saturated carbocycles. The molecule has 2 heterocycles. The number of hydroxylamine groups is 2. The SMILES string of the molecule is COc1ccc(C2C3=CCC4C(=O)N(O)C(=O)C4C3CC3(Cl)C(=O)N(c4ccc(F)cc4)C(=O)C23Cl)cc1O. The zero-order valence-electron chi connectivity index (χ0n) is 20.3. The van der Waals surface area contributed by atoms with Crippen molar-refractivity contribution in [2.45, 2.75) is 28.5 Å². The molecule has 4 amide bonds. The van der Waals surface area contributed by atoms with Gasteiger partial charge in [0.2, 0.25) is 0 Å². The quantitative estimate of drug-likeness (QED) is 0.249. The lowest BCUT2D eigenvalue weighted by Gasteiger charge is -2.50. The van der Waals surface area contributed by atoms with Crippen LogP contribution in [0.25, 0.3) is 0 Å². The van der Waals surface area contributed by atoms with Gasteiger partial charge in [0.1, 0.15) is 5.82 Å². The maximum Gasteiger partial charge on any atom is 0.258 e. The van der Waals surface area contributed by atoms with Gasteiger partial charge in [0.15, 0.2) is 21.2 Å². The van der Waals surface area contributed by atoms with E-state index in [1.807, 2.05) is 0 Å². The predicted octanol–water partition coefficient (Wildman–Crippen LogP) is 3.49. The van der Waals surface area contributed by atoms with Crippen LogP contribution in [0.3, 0.4) is 0 Å². The fourth-order valence-corrected chi connectivity index (χ4v) is 7.58. The van der Waals surface area contributed by atoms with E-state index in [0.29, 0.717) is 11.1 Å². The second kappa shape index (κ2) is 8.51. The van der Waals surface area contributed by atoms with Gasteiger partial charge < -0.3 is 9.84 Å². The third-order valence-corrected chi connectivity index (χ3v) is 9.82. The lowest BCUT2D eigenvalue weighted by Crippen LogP contribution is -2.60. The first-order valence-corrected chi connectivity index (χ1v) is 12.9. The Balaban J connectivity index is 1.58. The highest BCUT2D eigenvalue weighted by molar-refractivity contribution is 6.58. The average molecular weight is 575 g/mol. The molecule has 9 nitrogen and oxygen atoms in total. The third-order valence-electron chi connectivity index (χ3n) is 8.41. The van der Waals surface area contributed by atoms with E-state index in [-0.39, 0.29) is 35.1 Å². The summed E-state index contributed by atoms with van der Waals surface area (Å²) in [6.07, 6.45) is 1.50. The number of amides is 4. The lowest BCUT2D eigenvalue weighted by molar-refractivity contribution is -0.173. The van der Waals surface area contributed by atoms with Crippen LogP contribution < -0.4 is 9.64 Å². The van der Waals surface area contributed by atoms with Crippen molar-refractivity contribution in [1.29, 1.82) is 0 Å². The number of carbonyl (C=O) groups is 4. The van der Waals surface area contributed by atoms with Crippen molar-refractivity contribution < 1.29 is 38.6 Å². The number of allylic oxidation sites excluding steroid dienone is 2. The van der Waals surface area contributed by atoms with Crippen LogP contribution in [0.4, 0.5) is 10.1 Å². The molecule has 202 valence electrons. The minimum atomic E-state index is -2.12. The summed E-state index contributed by atoms with van der Waals surface area (Å²) in [5.74, 6) is -7.84. The van der Waals surface area contributed by atoms with Gasteiger partial charge in [-0.2, -0.15) is 5.06 Å². The summed E-state index contributed by atoms with van der Waals surface area (Å²) in [6.45, 7) is 0. The number of phenolic OH excluding ortho intramolecular Hbond substituents is 1. The number of fused-ring (bicyclic) bond motifs is 4. The van der Waals surface area contributed by atoms with E-state index < -0.39 is 62.9 Å². The van der Waals surface area contributed by atoms with Gasteiger partial charge in [0.25, 0.3) is 23.6 Å². The second-order valence-electron chi connectivity index (χ2n) is 10.2. The summed E-state index contributed by atoms with van der Waals surface area (Å²) in [5, 5.41) is 20.8. The van der Waals surface area contributed by atoms with Crippen molar-refractivity contribution in [3.8, 4) is 11.5 Å². The summed E-state index contributed by atoms with van der Waals surface area (Å²) in [6, 6.07) is 9.06. The molecule has 3 fully saturated rings. The number of nitrogens with zero attached hydrogens (tertiary/aromatic N) is 2. The Bertz CT molecular complexity index is 1500. The summed E-state index contributed by atoms with van der Waals surface area (Å²) in [4.78, 5) is 50.3. The second-order valence-corrected chi connectivity index (χ2v) is 11.4. The van der Waals surface area contributed by atoms with E-state index in [1.54, 1.807) is 12.1 Å². The number of rotatable bonds is 3. The van der Waals surface area contributed by atoms with Gasteiger partial charge in [-0.25, -0.2) is 9.29 Å². The Morgan fingerprint density at radius 2 is 1.69 bits per heavy atom. The number of halogens is 3. The maximum absolute atomic E-state index is 14.1. The zero-order chi connectivity index (χ0) is 28.0. The molecular weight excluding hydrogens is 554 g/mol. The van der Waals surface area contributed by atoms with E-state index in [2.05, 4.69) is 0 Å². The molecular formula is C27H21Cl2FN2O7. The molecule has 2 aromatic carbocycles. The molecule has 0 aromatic heterocycles. The van der Waals surface area contributed by atoms with Gasteiger partial charge in [-0.15, -0.1) is 23.2 Å². The van der Waals surface area contributed by atoms with Crippen molar-refractivity contribution in [3.63, 3.8) is 0 Å². The number of phenols is 1. The topological polar surface area (TPSA) is 124 Å². The van der Waals surface area contributed by atoms with Gasteiger partial charge in [0.05, 0.1) is 24.6 Å². The molecule has 6 unspecified atom stereocenters. The Hall–Kier alpha value is -3.47. The highest BCUT2D eigenvalue weighted by atomic mass is 35.5. The van der Waals surface area contributed by atoms with E-state index in [0.717, 1.165) is 17.0 Å². The zero-order valence-corrected chi connectivity index (χ0v) is 21.8. The van der Waals surface area contributed by atoms with Crippen molar-refractivity contribution >= 4 is 52.5 Å². The molecule has 0 spiro atoms. The fourth-order valence-electron chi connectivity index (χ4n) is 6.64. The minimum Gasteiger partial charge on any atom is -0.504 e. The number of imide groups is 2. The molecule has 6 rings (SSSR count). The summed E-state index contributed by atoms with van der Waals surface area (Å²) < 4.78 is 18.8. The van der Waals surface area contributed by atoms with Gasteiger partial charge in [-0.1, -0.05) is 17.7 Å². The molecule has 39 heavy (non-hydrogen) atoms. The molecule has 6 atom stereocenters. The molecule has 4 aliphatic rings. The number of ether oxygens (including phenoxy) is 1. The van der Waals surface area contributed by atoms with Crippen LogP contribution in [-0.4, -0.2) is 55.9 Å². The van der Waals surface area contributed by atoms with Gasteiger partial charge in [-0.05, 0) is 60.7 Å². The molecule has 2 saturated heterocycles. The molecule has 2 N–H and O–H groups in total. The molecule has 0 bridgehead atoms. The first kappa shape index (κ1) is 25.8. The smallest absolute Gasteiger partial charge is 0.258 e. The minimum absolute atomic E-state index is 0.0562. The number of carbonyl (C=O) groups excluding carboxylic acids is 4. The van der Waals surface area contributed by atoms with E-state index in [4.69, 9.17) is 27.9 Å². The van der Waals surface area contributed by atoms with Gasteiger partial charge in [-0.3, -0.25) is 24.4 Å². The Morgan fingerprint density at radius 1 is 1.00 bits per heavy atom. The Kier molecular flexibility index (Phi) is 5.63. The van der Waals surface area contributed by atoms with Crippen LogP contribution in [-0.2, 0) is 19.2 Å². The molecule has 2 aliphatic heterocycles. The number of methoxy groups -OCH3 is 1. The Morgan fingerprint density at radius 3 is 2.33 bits per heavy atom. The number of benzene rings is 2. The summed E-state index contributed by atoms with van der Waals surface area (Å²) >= 11 is 14.3.